The van der Waals surface area contributed by atoms with Gasteiger partial charge in [-0.1, -0.05) is 6.07 Å². The first kappa shape index (κ1) is 15.7. The normalized spacial score (nSPS) is 16.5. The van der Waals surface area contributed by atoms with E-state index in [1.807, 2.05) is 6.07 Å². The molecule has 1 saturated heterocycles. The number of carbonyl (C=O) groups excluding carboxylic acids is 1. The number of aromatic amines is 1. The first-order valence-corrected chi connectivity index (χ1v) is 8.40. The predicted octanol–water partition coefficient (Wildman–Crippen LogP) is 1.86. The molecule has 0 unspecified atom stereocenters. The monoisotopic (exact) mass is 340 g/mol. The molecule has 0 atom stereocenters. The van der Waals surface area contributed by atoms with Crippen molar-refractivity contribution in [2.45, 2.75) is 25.4 Å². The Balaban J connectivity index is 1.55. The molecule has 0 aliphatic carbocycles. The number of H-pyrrole nitrogens is 1. The van der Waals surface area contributed by atoms with Gasteiger partial charge in [0.1, 0.15) is 0 Å². The minimum atomic E-state index is -0.580. The van der Waals surface area contributed by atoms with E-state index in [9.17, 15) is 9.59 Å². The number of hydrogen-bond donors (Lipinski definition) is 2. The van der Waals surface area contributed by atoms with Crippen molar-refractivity contribution in [2.75, 3.05) is 13.1 Å². The van der Waals surface area contributed by atoms with Crippen LogP contribution in [-0.2, 0) is 6.54 Å². The number of rotatable bonds is 4. The van der Waals surface area contributed by atoms with E-state index in [1.165, 1.54) is 0 Å². The summed E-state index contributed by atoms with van der Waals surface area (Å²) in [6.07, 6.45) is 5.19. The van der Waals surface area contributed by atoms with Gasteiger partial charge in [-0.25, -0.2) is 4.68 Å². The summed E-state index contributed by atoms with van der Waals surface area (Å²) >= 11 is 0. The summed E-state index contributed by atoms with van der Waals surface area (Å²) in [6.45, 7) is 2.66. The van der Waals surface area contributed by atoms with E-state index in [1.54, 1.807) is 35.4 Å². The van der Waals surface area contributed by atoms with Gasteiger partial charge in [-0.05, 0) is 31.0 Å². The average Bonchev–Trinajstić information content (AvgIpc) is 3.24. The maximum Gasteiger partial charge on any atom is 0.275 e. The van der Waals surface area contributed by atoms with Crippen molar-refractivity contribution >= 4 is 16.8 Å². The number of fused-ring (bicyclic) bond motifs is 1. The van der Waals surface area contributed by atoms with Crippen molar-refractivity contribution in [1.82, 2.24) is 14.7 Å². The van der Waals surface area contributed by atoms with E-state index < -0.39 is 5.91 Å². The summed E-state index contributed by atoms with van der Waals surface area (Å²) in [4.78, 5) is 26.7. The number of aromatic nitrogens is 2. The van der Waals surface area contributed by atoms with Crippen molar-refractivity contribution in [1.29, 1.82) is 0 Å². The van der Waals surface area contributed by atoms with Crippen molar-refractivity contribution in [2.24, 2.45) is 5.73 Å². The molecule has 1 aromatic carbocycles. The van der Waals surface area contributed by atoms with E-state index in [0.717, 1.165) is 38.0 Å². The first-order chi connectivity index (χ1) is 12.1. The lowest BCUT2D eigenvalue weighted by molar-refractivity contribution is 0.100. The Bertz CT molecular complexity index is 947. The Labute approximate surface area is 144 Å². The smallest absolute Gasteiger partial charge is 0.275 e. The second kappa shape index (κ2) is 6.25. The fourth-order valence-corrected chi connectivity index (χ4v) is 3.62. The lowest BCUT2D eigenvalue weighted by Crippen LogP contribution is -2.36. The molecule has 1 fully saturated rings. The van der Waals surface area contributed by atoms with Crippen LogP contribution in [0, 0.1) is 0 Å². The molecule has 0 spiro atoms. The Morgan fingerprint density at radius 3 is 2.76 bits per heavy atom. The van der Waals surface area contributed by atoms with E-state index in [2.05, 4.69) is 10.00 Å². The van der Waals surface area contributed by atoms with Crippen LogP contribution in [0.5, 0.6) is 0 Å². The number of nitrogens with one attached hydrogen (secondary N) is 1. The van der Waals surface area contributed by atoms with Crippen LogP contribution >= 0.6 is 0 Å². The quantitative estimate of drug-likeness (QED) is 0.757. The van der Waals surface area contributed by atoms with Crippen LogP contribution in [0.2, 0.25) is 0 Å². The molecule has 7 nitrogen and oxygen atoms in total. The highest BCUT2D eigenvalue weighted by atomic mass is 16.3. The Morgan fingerprint density at radius 2 is 2.08 bits per heavy atom. The molecular formula is C18H20N4O3. The third-order valence-electron chi connectivity index (χ3n) is 4.91. The summed E-state index contributed by atoms with van der Waals surface area (Å²) < 4.78 is 6.77. The highest BCUT2D eigenvalue weighted by Gasteiger charge is 2.24. The maximum absolute atomic E-state index is 12.8. The summed E-state index contributed by atoms with van der Waals surface area (Å²) in [7, 11) is 0. The van der Waals surface area contributed by atoms with Crippen LogP contribution in [0.3, 0.4) is 0 Å². The lowest BCUT2D eigenvalue weighted by Gasteiger charge is -2.31. The minimum Gasteiger partial charge on any atom is -0.472 e. The third kappa shape index (κ3) is 2.87. The number of carbonyl (C=O) groups is 1. The lowest BCUT2D eigenvalue weighted by atomic mass is 10.0. The standard InChI is InChI=1S/C18H20N4O3/c19-17(23)14-2-1-3-15-16(14)18(24)22(20-15)13-4-7-21(8-5-13)10-12-6-9-25-11-12/h1-3,6,9,11,13,20H,4-5,7-8,10H2,(H2,19,23). The molecule has 3 N–H and O–H groups in total. The zero-order valence-corrected chi connectivity index (χ0v) is 13.8. The Kier molecular flexibility index (Phi) is 3.93. The number of piperidine rings is 1. The molecule has 2 aromatic heterocycles. The van der Waals surface area contributed by atoms with Gasteiger partial charge in [-0.15, -0.1) is 0 Å². The summed E-state index contributed by atoms with van der Waals surface area (Å²) in [5.74, 6) is -0.580. The van der Waals surface area contributed by atoms with Crippen LogP contribution < -0.4 is 11.3 Å². The molecular weight excluding hydrogens is 320 g/mol. The summed E-state index contributed by atoms with van der Waals surface area (Å²) in [5, 5.41) is 3.54. The fourth-order valence-electron chi connectivity index (χ4n) is 3.62. The third-order valence-corrected chi connectivity index (χ3v) is 4.91. The molecule has 1 aliphatic heterocycles. The molecule has 0 bridgehead atoms. The van der Waals surface area contributed by atoms with Gasteiger partial charge in [0.15, 0.2) is 0 Å². The van der Waals surface area contributed by atoms with E-state index in [-0.39, 0.29) is 17.2 Å². The fraction of sp³-hybridized carbons (Fsp3) is 0.333. The maximum atomic E-state index is 12.8. The zero-order chi connectivity index (χ0) is 17.4. The van der Waals surface area contributed by atoms with Crippen molar-refractivity contribution in [3.63, 3.8) is 0 Å². The zero-order valence-electron chi connectivity index (χ0n) is 13.8. The van der Waals surface area contributed by atoms with Crippen LogP contribution in [0.4, 0.5) is 0 Å². The number of furan rings is 1. The molecule has 4 rings (SSSR count). The van der Waals surface area contributed by atoms with Crippen molar-refractivity contribution in [3.05, 3.63) is 58.3 Å². The molecule has 130 valence electrons. The Morgan fingerprint density at radius 1 is 1.28 bits per heavy atom. The van der Waals surface area contributed by atoms with Gasteiger partial charge < -0.3 is 10.2 Å². The van der Waals surface area contributed by atoms with Crippen molar-refractivity contribution < 1.29 is 9.21 Å². The highest BCUT2D eigenvalue weighted by molar-refractivity contribution is 6.05. The van der Waals surface area contributed by atoms with Gasteiger partial charge in [-0.3, -0.25) is 19.6 Å². The van der Waals surface area contributed by atoms with Crippen LogP contribution in [-0.4, -0.2) is 33.7 Å². The van der Waals surface area contributed by atoms with Gasteiger partial charge >= 0.3 is 0 Å². The van der Waals surface area contributed by atoms with Gasteiger partial charge in [-0.2, -0.15) is 0 Å². The molecule has 7 heteroatoms. The van der Waals surface area contributed by atoms with E-state index >= 15 is 0 Å². The second-order valence-electron chi connectivity index (χ2n) is 6.52. The largest absolute Gasteiger partial charge is 0.472 e. The molecule has 1 amide bonds. The van der Waals surface area contributed by atoms with E-state index in [4.69, 9.17) is 10.2 Å². The average molecular weight is 340 g/mol. The Hall–Kier alpha value is -2.80. The number of hydrogen-bond acceptors (Lipinski definition) is 4. The number of primary amides is 1. The minimum absolute atomic E-state index is 0.0984. The summed E-state index contributed by atoms with van der Waals surface area (Å²) in [5.41, 5.74) is 7.32. The highest BCUT2D eigenvalue weighted by Crippen LogP contribution is 2.24. The number of nitrogens with two attached hydrogens (primary N) is 1. The van der Waals surface area contributed by atoms with E-state index in [0.29, 0.717) is 10.9 Å². The number of likely N-dealkylation sites (tertiary alicyclic amines) is 1. The van der Waals surface area contributed by atoms with Gasteiger partial charge in [0, 0.05) is 25.2 Å². The second-order valence-corrected chi connectivity index (χ2v) is 6.52. The summed E-state index contributed by atoms with van der Waals surface area (Å²) in [6, 6.07) is 7.20. The topological polar surface area (TPSA) is 97.3 Å². The molecule has 0 radical (unpaired) electrons. The number of nitrogens with zero attached hydrogens (tertiary/aromatic N) is 2. The van der Waals surface area contributed by atoms with Gasteiger partial charge in [0.05, 0.1) is 35.0 Å². The number of benzene rings is 1. The van der Waals surface area contributed by atoms with Gasteiger partial charge in [0.2, 0.25) is 5.91 Å². The molecule has 1 aliphatic rings. The number of amides is 1. The molecule has 0 saturated carbocycles. The SMILES string of the molecule is NC(=O)c1cccc2[nH]n(C3CCN(Cc4ccoc4)CC3)c(=O)c12. The van der Waals surface area contributed by atoms with Crippen molar-refractivity contribution in [3.8, 4) is 0 Å². The van der Waals surface area contributed by atoms with Crippen LogP contribution in [0.15, 0.2) is 46.0 Å². The first-order valence-electron chi connectivity index (χ1n) is 8.40. The molecule has 3 heterocycles. The predicted molar refractivity (Wildman–Crippen MR) is 93.3 cm³/mol. The van der Waals surface area contributed by atoms with Gasteiger partial charge in [0.25, 0.3) is 5.56 Å². The van der Waals surface area contributed by atoms with Crippen LogP contribution in [0.1, 0.15) is 34.8 Å². The molecule has 3 aromatic rings. The molecule has 25 heavy (non-hydrogen) atoms. The van der Waals surface area contributed by atoms with Crippen LogP contribution in [0.25, 0.3) is 10.9 Å².